The molecule has 1 heterocycles. The van der Waals surface area contributed by atoms with Gasteiger partial charge < -0.3 is 10.1 Å². The van der Waals surface area contributed by atoms with Crippen LogP contribution in [0.2, 0.25) is 10.0 Å². The number of rotatable bonds is 9. The largest absolute Gasteiger partial charge is 0.485 e. The van der Waals surface area contributed by atoms with E-state index in [4.69, 9.17) is 27.9 Å². The molecule has 2 aromatic carbocycles. The number of hydrogen-bond donors (Lipinski definition) is 1. The molecule has 6 nitrogen and oxygen atoms in total. The maximum absolute atomic E-state index is 12.2. The molecule has 0 spiro atoms. The quantitative estimate of drug-likeness (QED) is 0.341. The van der Waals surface area contributed by atoms with Crippen LogP contribution in [0.5, 0.6) is 5.75 Å². The molecule has 0 unspecified atom stereocenters. The Morgan fingerprint density at radius 3 is 2.63 bits per heavy atom. The summed E-state index contributed by atoms with van der Waals surface area (Å²) in [7, 11) is 0. The van der Waals surface area contributed by atoms with Gasteiger partial charge in [-0.15, -0.1) is 16.8 Å². The molecule has 156 valence electrons. The fraction of sp³-hybridized carbons (Fsp3) is 0.190. The lowest BCUT2D eigenvalue weighted by Gasteiger charge is -2.11. The predicted molar refractivity (Wildman–Crippen MR) is 122 cm³/mol. The van der Waals surface area contributed by atoms with E-state index in [1.807, 2.05) is 23.6 Å². The number of nitrogens with zero attached hydrogens (tertiary/aromatic N) is 3. The average molecular weight is 463 g/mol. The van der Waals surface area contributed by atoms with Gasteiger partial charge in [-0.25, -0.2) is 0 Å². The van der Waals surface area contributed by atoms with Crippen molar-refractivity contribution in [3.05, 3.63) is 76.6 Å². The van der Waals surface area contributed by atoms with E-state index in [1.165, 1.54) is 11.8 Å². The monoisotopic (exact) mass is 462 g/mol. The highest BCUT2D eigenvalue weighted by molar-refractivity contribution is 7.99. The number of aryl methyl sites for hydroxylation is 1. The second-order valence-corrected chi connectivity index (χ2v) is 8.16. The number of hydrogen-bond acceptors (Lipinski definition) is 5. The minimum atomic E-state index is -0.148. The van der Waals surface area contributed by atoms with E-state index in [1.54, 1.807) is 36.4 Å². The maximum atomic E-state index is 12.2. The average Bonchev–Trinajstić information content (AvgIpc) is 3.09. The lowest BCUT2D eigenvalue weighted by Crippen LogP contribution is -2.15. The molecular weight excluding hydrogens is 443 g/mol. The van der Waals surface area contributed by atoms with E-state index in [-0.39, 0.29) is 18.3 Å². The van der Waals surface area contributed by atoms with Gasteiger partial charge in [0.25, 0.3) is 0 Å². The molecule has 0 aliphatic carbocycles. The molecule has 0 radical (unpaired) electrons. The third-order valence-electron chi connectivity index (χ3n) is 4.06. The molecule has 30 heavy (non-hydrogen) atoms. The first-order valence-corrected chi connectivity index (χ1v) is 10.8. The fourth-order valence-corrected chi connectivity index (χ4v) is 3.74. The zero-order valence-corrected chi connectivity index (χ0v) is 18.6. The van der Waals surface area contributed by atoms with Gasteiger partial charge in [0.2, 0.25) is 5.91 Å². The Bertz CT molecular complexity index is 1040. The van der Waals surface area contributed by atoms with Crippen LogP contribution < -0.4 is 10.1 Å². The van der Waals surface area contributed by atoms with Crippen molar-refractivity contribution in [2.24, 2.45) is 0 Å². The summed E-state index contributed by atoms with van der Waals surface area (Å²) < 4.78 is 7.75. The van der Waals surface area contributed by atoms with Crippen LogP contribution in [0.15, 0.2) is 60.3 Å². The van der Waals surface area contributed by atoms with Crippen LogP contribution in [-0.2, 0) is 17.9 Å². The summed E-state index contributed by atoms with van der Waals surface area (Å²) in [6, 6.07) is 12.4. The normalized spacial score (nSPS) is 10.6. The van der Waals surface area contributed by atoms with Crippen molar-refractivity contribution < 1.29 is 9.53 Å². The van der Waals surface area contributed by atoms with E-state index in [9.17, 15) is 4.79 Å². The minimum absolute atomic E-state index is 0.148. The molecule has 0 aliphatic heterocycles. The number of halogens is 2. The number of ether oxygens (including phenoxy) is 1. The van der Waals surface area contributed by atoms with Crippen molar-refractivity contribution in [3.8, 4) is 5.75 Å². The van der Waals surface area contributed by atoms with E-state index >= 15 is 0 Å². The molecule has 0 bridgehead atoms. The Balaban J connectivity index is 1.62. The molecule has 3 aromatic rings. The molecule has 1 N–H and O–H groups in total. The molecule has 9 heteroatoms. The zero-order valence-electron chi connectivity index (χ0n) is 16.3. The smallest absolute Gasteiger partial charge is 0.234 e. The summed E-state index contributed by atoms with van der Waals surface area (Å²) >= 11 is 13.1. The highest BCUT2D eigenvalue weighted by Crippen LogP contribution is 2.24. The highest BCUT2D eigenvalue weighted by Gasteiger charge is 2.15. The fourth-order valence-electron chi connectivity index (χ4n) is 2.62. The Morgan fingerprint density at radius 2 is 1.93 bits per heavy atom. The Hall–Kier alpha value is -2.48. The van der Waals surface area contributed by atoms with Gasteiger partial charge >= 0.3 is 0 Å². The van der Waals surface area contributed by atoms with Gasteiger partial charge in [0.05, 0.1) is 5.75 Å². The van der Waals surface area contributed by atoms with E-state index < -0.39 is 0 Å². The summed E-state index contributed by atoms with van der Waals surface area (Å²) in [6.45, 7) is 6.46. The van der Waals surface area contributed by atoms with Gasteiger partial charge in [-0.1, -0.05) is 41.0 Å². The van der Waals surface area contributed by atoms with Crippen molar-refractivity contribution in [2.75, 3.05) is 11.1 Å². The van der Waals surface area contributed by atoms with Crippen LogP contribution in [0.4, 0.5) is 5.69 Å². The molecule has 0 atom stereocenters. The van der Waals surface area contributed by atoms with Gasteiger partial charge in [-0.3, -0.25) is 9.36 Å². The van der Waals surface area contributed by atoms with Crippen LogP contribution in [0.1, 0.15) is 11.4 Å². The predicted octanol–water partition coefficient (Wildman–Crippen LogP) is 5.39. The van der Waals surface area contributed by atoms with Gasteiger partial charge in [0, 0.05) is 22.3 Å². The van der Waals surface area contributed by atoms with Gasteiger partial charge in [0.15, 0.2) is 11.0 Å². The van der Waals surface area contributed by atoms with E-state index in [2.05, 4.69) is 22.1 Å². The van der Waals surface area contributed by atoms with Crippen LogP contribution >= 0.6 is 35.0 Å². The molecule has 3 rings (SSSR count). The number of aromatic nitrogens is 3. The second-order valence-electron chi connectivity index (χ2n) is 6.34. The molecule has 0 saturated carbocycles. The van der Waals surface area contributed by atoms with Gasteiger partial charge in [0.1, 0.15) is 12.4 Å². The topological polar surface area (TPSA) is 69.0 Å². The standard InChI is InChI=1S/C21H20Cl2N4O2S/c1-3-10-27-19(12-29-18-9-6-16(23)11-14(18)2)25-26-21(27)30-13-20(28)24-17-7-4-15(22)5-8-17/h3-9,11H,1,10,12-13H2,2H3,(H,24,28). The van der Waals surface area contributed by atoms with Crippen molar-refractivity contribution in [1.82, 2.24) is 14.8 Å². The minimum Gasteiger partial charge on any atom is -0.485 e. The summed E-state index contributed by atoms with van der Waals surface area (Å²) in [5.41, 5.74) is 1.62. The molecule has 0 aliphatic rings. The SMILES string of the molecule is C=CCn1c(COc2ccc(Cl)cc2C)nnc1SCC(=O)Nc1ccc(Cl)cc1. The molecule has 1 aromatic heterocycles. The maximum Gasteiger partial charge on any atom is 0.234 e. The van der Waals surface area contributed by atoms with Crippen LogP contribution in [0, 0.1) is 6.92 Å². The van der Waals surface area contributed by atoms with E-state index in [0.717, 1.165) is 11.3 Å². The number of anilines is 1. The van der Waals surface area contributed by atoms with Gasteiger partial charge in [-0.05, 0) is 55.0 Å². The number of amides is 1. The Morgan fingerprint density at radius 1 is 1.20 bits per heavy atom. The summed E-state index contributed by atoms with van der Waals surface area (Å²) in [6.07, 6.45) is 1.75. The summed E-state index contributed by atoms with van der Waals surface area (Å²) in [5, 5.41) is 13.1. The number of benzene rings is 2. The molecule has 0 fully saturated rings. The lowest BCUT2D eigenvalue weighted by atomic mass is 10.2. The molecule has 0 saturated heterocycles. The second kappa shape index (κ2) is 10.5. The first kappa shape index (κ1) is 22.2. The van der Waals surface area contributed by atoms with Crippen molar-refractivity contribution >= 4 is 46.6 Å². The summed E-state index contributed by atoms with van der Waals surface area (Å²) in [5.74, 6) is 1.41. The van der Waals surface area contributed by atoms with E-state index in [0.29, 0.717) is 33.3 Å². The zero-order chi connectivity index (χ0) is 21.5. The number of carbonyl (C=O) groups is 1. The number of carbonyl (C=O) groups excluding carboxylic acids is 1. The summed E-state index contributed by atoms with van der Waals surface area (Å²) in [4.78, 5) is 12.2. The number of thioether (sulfide) groups is 1. The van der Waals surface area contributed by atoms with Crippen LogP contribution in [-0.4, -0.2) is 26.4 Å². The first-order valence-electron chi connectivity index (χ1n) is 9.06. The first-order chi connectivity index (χ1) is 14.5. The van der Waals surface area contributed by atoms with Crippen molar-refractivity contribution in [2.45, 2.75) is 25.2 Å². The lowest BCUT2D eigenvalue weighted by molar-refractivity contribution is -0.113. The number of nitrogens with one attached hydrogen (secondary N) is 1. The Labute approximate surface area is 189 Å². The molecule has 1 amide bonds. The Kier molecular flexibility index (Phi) is 7.79. The van der Waals surface area contributed by atoms with Crippen molar-refractivity contribution in [1.29, 1.82) is 0 Å². The highest BCUT2D eigenvalue weighted by atomic mass is 35.5. The number of allylic oxidation sites excluding steroid dienone is 1. The van der Waals surface area contributed by atoms with Crippen LogP contribution in [0.3, 0.4) is 0 Å². The third kappa shape index (κ3) is 6.01. The molecular formula is C21H20Cl2N4O2S. The van der Waals surface area contributed by atoms with Crippen molar-refractivity contribution in [3.63, 3.8) is 0 Å². The van der Waals surface area contributed by atoms with Crippen LogP contribution in [0.25, 0.3) is 0 Å². The third-order valence-corrected chi connectivity index (χ3v) is 5.51. The van der Waals surface area contributed by atoms with Gasteiger partial charge in [-0.2, -0.15) is 0 Å².